The number of hydrogen-bond donors (Lipinski definition) is 0. The van der Waals surface area contributed by atoms with E-state index in [9.17, 15) is 14.1 Å². The smallest absolute Gasteiger partial charge is 0.159 e. The SMILES string of the molecule is CC(=O)c1ccc([S+]([O-])c2ccc(C(C)=O)cc2)cc1. The molecule has 0 aliphatic heterocycles. The van der Waals surface area contributed by atoms with E-state index in [1.165, 1.54) is 13.8 Å². The van der Waals surface area contributed by atoms with E-state index in [0.717, 1.165) is 0 Å². The third kappa shape index (κ3) is 3.15. The third-order valence-corrected chi connectivity index (χ3v) is 4.35. The van der Waals surface area contributed by atoms with Crippen LogP contribution in [0.3, 0.4) is 0 Å². The monoisotopic (exact) mass is 286 g/mol. The molecule has 0 saturated heterocycles. The molecule has 2 aromatic rings. The lowest BCUT2D eigenvalue weighted by Gasteiger charge is -2.10. The fourth-order valence-corrected chi connectivity index (χ4v) is 2.80. The molecular weight excluding hydrogens is 272 g/mol. The number of carbonyl (C=O) groups excluding carboxylic acids is 2. The van der Waals surface area contributed by atoms with Crippen LogP contribution in [0.4, 0.5) is 0 Å². The molecule has 0 N–H and O–H groups in total. The Morgan fingerprint density at radius 1 is 0.750 bits per heavy atom. The van der Waals surface area contributed by atoms with Gasteiger partial charge in [-0.3, -0.25) is 9.59 Å². The zero-order valence-electron chi connectivity index (χ0n) is 11.3. The highest BCUT2D eigenvalue weighted by Crippen LogP contribution is 2.21. The molecule has 0 aliphatic rings. The van der Waals surface area contributed by atoms with Gasteiger partial charge in [0.1, 0.15) is 0 Å². The molecule has 0 aromatic heterocycles. The average Bonchev–Trinajstić information content (AvgIpc) is 2.46. The van der Waals surface area contributed by atoms with Crippen LogP contribution in [-0.2, 0) is 11.2 Å². The molecule has 4 heteroatoms. The molecule has 0 spiro atoms. The van der Waals surface area contributed by atoms with Crippen LogP contribution in [0.5, 0.6) is 0 Å². The second-order valence-corrected chi connectivity index (χ2v) is 5.91. The van der Waals surface area contributed by atoms with E-state index in [1.807, 2.05) is 0 Å². The lowest BCUT2D eigenvalue weighted by atomic mass is 10.1. The van der Waals surface area contributed by atoms with Gasteiger partial charge in [0, 0.05) is 22.3 Å². The van der Waals surface area contributed by atoms with E-state index in [4.69, 9.17) is 0 Å². The van der Waals surface area contributed by atoms with Crippen LogP contribution in [0.2, 0.25) is 0 Å². The summed E-state index contributed by atoms with van der Waals surface area (Å²) in [6.45, 7) is 2.99. The Bertz CT molecular complexity index is 572. The molecule has 0 heterocycles. The van der Waals surface area contributed by atoms with Gasteiger partial charge in [0.25, 0.3) is 0 Å². The Hall–Kier alpha value is -1.91. The summed E-state index contributed by atoms with van der Waals surface area (Å²) in [5, 5.41) is 0. The first kappa shape index (κ1) is 14.5. The quantitative estimate of drug-likeness (QED) is 0.640. The number of hydrogen-bond acceptors (Lipinski definition) is 3. The van der Waals surface area contributed by atoms with Crippen LogP contribution in [0.25, 0.3) is 0 Å². The normalized spacial score (nSPS) is 10.6. The van der Waals surface area contributed by atoms with Crippen molar-refractivity contribution in [2.45, 2.75) is 23.6 Å². The van der Waals surface area contributed by atoms with Gasteiger partial charge in [-0.15, -0.1) is 0 Å². The van der Waals surface area contributed by atoms with E-state index < -0.39 is 11.2 Å². The molecule has 0 amide bonds. The van der Waals surface area contributed by atoms with E-state index in [0.29, 0.717) is 20.9 Å². The van der Waals surface area contributed by atoms with Gasteiger partial charge in [0.2, 0.25) is 0 Å². The van der Waals surface area contributed by atoms with Crippen molar-refractivity contribution in [1.82, 2.24) is 0 Å². The molecule has 2 rings (SSSR count). The summed E-state index contributed by atoms with van der Waals surface area (Å²) in [7, 11) is 0. The van der Waals surface area contributed by atoms with Gasteiger partial charge in [0.05, 0.1) is 0 Å². The van der Waals surface area contributed by atoms with E-state index in [1.54, 1.807) is 48.5 Å². The summed E-state index contributed by atoms with van der Waals surface area (Å²) in [5.41, 5.74) is 1.19. The summed E-state index contributed by atoms with van der Waals surface area (Å²) >= 11 is -1.31. The second kappa shape index (κ2) is 6.03. The molecule has 0 atom stereocenters. The lowest BCUT2D eigenvalue weighted by Crippen LogP contribution is -2.03. The molecule has 0 fully saturated rings. The molecule has 0 bridgehead atoms. The summed E-state index contributed by atoms with van der Waals surface area (Å²) in [6, 6.07) is 13.4. The van der Waals surface area contributed by atoms with Gasteiger partial charge in [0.15, 0.2) is 21.4 Å². The average molecular weight is 286 g/mol. The first-order valence-corrected chi connectivity index (χ1v) is 7.28. The molecule has 0 aliphatic carbocycles. The van der Waals surface area contributed by atoms with Crippen LogP contribution < -0.4 is 0 Å². The fourth-order valence-electron chi connectivity index (χ4n) is 1.76. The lowest BCUT2D eigenvalue weighted by molar-refractivity contribution is 0.100. The second-order valence-electron chi connectivity index (χ2n) is 4.43. The van der Waals surface area contributed by atoms with Crippen molar-refractivity contribution in [3.8, 4) is 0 Å². The zero-order chi connectivity index (χ0) is 14.7. The van der Waals surface area contributed by atoms with Crippen molar-refractivity contribution in [3.05, 3.63) is 59.7 Å². The first-order chi connectivity index (χ1) is 9.49. The highest BCUT2D eigenvalue weighted by Gasteiger charge is 2.15. The van der Waals surface area contributed by atoms with Gasteiger partial charge in [-0.05, 0) is 62.4 Å². The predicted octanol–water partition coefficient (Wildman–Crippen LogP) is 3.26. The van der Waals surface area contributed by atoms with Gasteiger partial charge in [-0.1, -0.05) is 0 Å². The molecule has 20 heavy (non-hydrogen) atoms. The van der Waals surface area contributed by atoms with Crippen LogP contribution in [0.1, 0.15) is 34.6 Å². The van der Waals surface area contributed by atoms with Crippen molar-refractivity contribution < 1.29 is 14.1 Å². The Morgan fingerprint density at radius 3 is 1.30 bits per heavy atom. The number of benzene rings is 2. The molecule has 0 unspecified atom stereocenters. The molecule has 102 valence electrons. The minimum absolute atomic E-state index is 0.0202. The number of Topliss-reactive ketones (excluding diaryl/α,β-unsaturated/α-hetero) is 2. The van der Waals surface area contributed by atoms with E-state index in [-0.39, 0.29) is 11.6 Å². The third-order valence-electron chi connectivity index (χ3n) is 2.95. The Morgan fingerprint density at radius 2 is 1.05 bits per heavy atom. The maximum absolute atomic E-state index is 12.3. The van der Waals surface area contributed by atoms with Gasteiger partial charge in [-0.25, -0.2) is 0 Å². The zero-order valence-corrected chi connectivity index (χ0v) is 12.1. The largest absolute Gasteiger partial charge is 0.606 e. The van der Waals surface area contributed by atoms with Crippen LogP contribution >= 0.6 is 0 Å². The Labute approximate surface area is 120 Å². The van der Waals surface area contributed by atoms with Crippen LogP contribution in [0.15, 0.2) is 58.3 Å². The molecular formula is C16H14O3S. The van der Waals surface area contributed by atoms with Crippen molar-refractivity contribution in [1.29, 1.82) is 0 Å². The summed E-state index contributed by atoms with van der Waals surface area (Å²) in [6.07, 6.45) is 0. The highest BCUT2D eigenvalue weighted by atomic mass is 32.2. The fraction of sp³-hybridized carbons (Fsp3) is 0.125. The maximum Gasteiger partial charge on any atom is 0.159 e. The van der Waals surface area contributed by atoms with Crippen molar-refractivity contribution >= 4 is 22.7 Å². The van der Waals surface area contributed by atoms with Gasteiger partial charge >= 0.3 is 0 Å². The Kier molecular flexibility index (Phi) is 4.37. The van der Waals surface area contributed by atoms with Crippen LogP contribution in [0, 0.1) is 0 Å². The van der Waals surface area contributed by atoms with E-state index >= 15 is 0 Å². The summed E-state index contributed by atoms with van der Waals surface area (Å²) < 4.78 is 12.3. The number of rotatable bonds is 4. The van der Waals surface area contributed by atoms with E-state index in [2.05, 4.69) is 0 Å². The Balaban J connectivity index is 2.24. The van der Waals surface area contributed by atoms with Crippen LogP contribution in [-0.4, -0.2) is 16.1 Å². The van der Waals surface area contributed by atoms with Crippen molar-refractivity contribution in [3.63, 3.8) is 0 Å². The highest BCUT2D eigenvalue weighted by molar-refractivity contribution is 7.91. The minimum atomic E-state index is -1.31. The first-order valence-electron chi connectivity index (χ1n) is 6.13. The molecule has 0 saturated carbocycles. The van der Waals surface area contributed by atoms with Crippen molar-refractivity contribution in [2.75, 3.05) is 0 Å². The molecule has 0 radical (unpaired) electrons. The number of carbonyl (C=O) groups is 2. The molecule has 2 aromatic carbocycles. The summed E-state index contributed by atoms with van der Waals surface area (Å²) in [5.74, 6) is -0.0405. The predicted molar refractivity (Wildman–Crippen MR) is 77.6 cm³/mol. The van der Waals surface area contributed by atoms with Gasteiger partial charge < -0.3 is 4.55 Å². The maximum atomic E-state index is 12.3. The minimum Gasteiger partial charge on any atom is -0.606 e. The summed E-state index contributed by atoms with van der Waals surface area (Å²) in [4.78, 5) is 23.6. The molecule has 3 nitrogen and oxygen atoms in total. The van der Waals surface area contributed by atoms with Crippen molar-refractivity contribution in [2.24, 2.45) is 0 Å². The topological polar surface area (TPSA) is 57.2 Å². The number of ketones is 2. The standard InChI is InChI=1S/C16H14O3S/c1-11(17)13-3-7-15(8-4-13)20(19)16-9-5-14(6-10-16)12(2)18/h3-10H,1-2H3. The van der Waals surface area contributed by atoms with Gasteiger partial charge in [-0.2, -0.15) is 0 Å².